The van der Waals surface area contributed by atoms with Crippen molar-refractivity contribution in [2.45, 2.75) is 6.42 Å². The average molecular weight is 467 g/mol. The molecule has 3 nitrogen and oxygen atoms in total. The van der Waals surface area contributed by atoms with Gasteiger partial charge in [-0.15, -0.1) is 0 Å². The maximum atomic E-state index is 12.3. The van der Waals surface area contributed by atoms with E-state index in [1.807, 2.05) is 6.08 Å². The van der Waals surface area contributed by atoms with E-state index in [0.717, 1.165) is 11.3 Å². The second-order valence-electron chi connectivity index (χ2n) is 6.69. The minimum absolute atomic E-state index is 0.00573. The first kappa shape index (κ1) is 18.0. The second kappa shape index (κ2) is 7.05. The van der Waals surface area contributed by atoms with Crippen LogP contribution < -0.4 is 4.90 Å². The van der Waals surface area contributed by atoms with Gasteiger partial charge >= 0.3 is 180 Å². The van der Waals surface area contributed by atoms with Crippen molar-refractivity contribution in [2.24, 2.45) is 0 Å². The third-order valence-electron chi connectivity index (χ3n) is 4.94. The van der Waals surface area contributed by atoms with Crippen LogP contribution in [0.15, 0.2) is 65.6 Å². The molecule has 6 heteroatoms. The number of likely N-dealkylation sites (N-methyl/N-ethyl adjacent to an activating group) is 1. The van der Waals surface area contributed by atoms with E-state index in [9.17, 15) is 4.79 Å². The summed E-state index contributed by atoms with van der Waals surface area (Å²) in [7, 11) is 1.73. The molecule has 1 saturated heterocycles. The Bertz CT molecular complexity index is 1110. The van der Waals surface area contributed by atoms with Crippen molar-refractivity contribution in [1.29, 1.82) is 0 Å². The Morgan fingerprint density at radius 3 is 2.25 bits per heavy atom. The van der Waals surface area contributed by atoms with Crippen LogP contribution in [0.2, 0.25) is 0 Å². The van der Waals surface area contributed by atoms with Crippen molar-refractivity contribution in [2.75, 3.05) is 11.9 Å². The van der Waals surface area contributed by atoms with Gasteiger partial charge in [-0.2, -0.15) is 0 Å². The number of hydrogen-bond acceptors (Lipinski definition) is 4. The molecule has 2 aliphatic rings. The van der Waals surface area contributed by atoms with Crippen LogP contribution in [0.4, 0.5) is 15.9 Å². The van der Waals surface area contributed by atoms with Gasteiger partial charge in [0.15, 0.2) is 0 Å². The Morgan fingerprint density at radius 2 is 1.64 bits per heavy atom. The molecule has 28 heavy (non-hydrogen) atoms. The molecule has 0 aliphatic carbocycles. The molecule has 1 aromatic heterocycles. The van der Waals surface area contributed by atoms with Crippen LogP contribution in [-0.4, -0.2) is 36.7 Å². The van der Waals surface area contributed by atoms with Crippen molar-refractivity contribution in [1.82, 2.24) is 4.90 Å². The molecular formula is C22H16N2OS2Se. The monoisotopic (exact) mass is 468 g/mol. The number of thioether (sulfide) groups is 1. The van der Waals surface area contributed by atoms with Crippen LogP contribution in [0.5, 0.6) is 0 Å². The first-order chi connectivity index (χ1) is 13.6. The average Bonchev–Trinajstić information content (AvgIpc) is 3.26. The number of fused-ring (bicyclic) bond motifs is 2. The van der Waals surface area contributed by atoms with Crippen LogP contribution >= 0.6 is 24.0 Å². The molecule has 0 unspecified atom stereocenters. The third kappa shape index (κ3) is 2.97. The van der Waals surface area contributed by atoms with Gasteiger partial charge in [0.1, 0.15) is 0 Å². The maximum absolute atomic E-state index is 12.3. The van der Waals surface area contributed by atoms with Crippen LogP contribution in [0.25, 0.3) is 6.08 Å². The molecule has 1 amide bonds. The molecule has 0 bridgehead atoms. The fraction of sp³-hybridized carbons (Fsp3) is 0.0909. The Hall–Kier alpha value is -2.11. The fourth-order valence-electron chi connectivity index (χ4n) is 3.54. The predicted molar refractivity (Wildman–Crippen MR) is 122 cm³/mol. The van der Waals surface area contributed by atoms with E-state index in [1.165, 1.54) is 43.3 Å². The molecule has 0 spiro atoms. The molecule has 3 aromatic rings. The summed E-state index contributed by atoms with van der Waals surface area (Å²) in [4.78, 5) is 17.0. The molecule has 2 aliphatic heterocycles. The number of hydrogen-bond donors (Lipinski definition) is 0. The van der Waals surface area contributed by atoms with E-state index < -0.39 is 0 Å². The molecule has 0 saturated carbocycles. The van der Waals surface area contributed by atoms with Crippen LogP contribution in [0, 0.1) is 0 Å². The summed E-state index contributed by atoms with van der Waals surface area (Å²) < 4.78 is 3.09. The first-order valence-electron chi connectivity index (χ1n) is 8.89. The van der Waals surface area contributed by atoms with Gasteiger partial charge in [0.05, 0.1) is 0 Å². The van der Waals surface area contributed by atoms with Crippen molar-refractivity contribution in [3.8, 4) is 0 Å². The molecule has 0 radical (unpaired) electrons. The van der Waals surface area contributed by atoms with Gasteiger partial charge in [0.2, 0.25) is 0 Å². The zero-order valence-corrected chi connectivity index (χ0v) is 18.4. The van der Waals surface area contributed by atoms with Gasteiger partial charge in [-0.25, -0.2) is 0 Å². The number of rotatable bonds is 2. The third-order valence-corrected chi connectivity index (χ3v) is 8.56. The topological polar surface area (TPSA) is 23.6 Å². The molecule has 5 rings (SSSR count). The minimum atomic E-state index is -0.00573. The SMILES string of the molecule is CN1C(=O)/C(=C\c2ccc(N3c4ccccc4Cc4ccccc43)[se]2)SC1=S. The van der Waals surface area contributed by atoms with Crippen LogP contribution in [-0.2, 0) is 11.2 Å². The molecular weight excluding hydrogens is 451 g/mol. The van der Waals surface area contributed by atoms with E-state index >= 15 is 0 Å². The summed E-state index contributed by atoms with van der Waals surface area (Å²) in [5, 5.41) is 0. The van der Waals surface area contributed by atoms with Gasteiger partial charge in [-0.3, -0.25) is 0 Å². The predicted octanol–water partition coefficient (Wildman–Crippen LogP) is 4.95. The summed E-state index contributed by atoms with van der Waals surface area (Å²) in [6, 6.07) is 21.6. The van der Waals surface area contributed by atoms with Crippen molar-refractivity contribution >= 4 is 70.7 Å². The summed E-state index contributed by atoms with van der Waals surface area (Å²) in [5.74, 6) is -0.00573. The van der Waals surface area contributed by atoms with E-state index in [1.54, 1.807) is 11.9 Å². The van der Waals surface area contributed by atoms with E-state index in [-0.39, 0.29) is 20.4 Å². The Kier molecular flexibility index (Phi) is 4.52. The molecule has 1 fully saturated rings. The summed E-state index contributed by atoms with van der Waals surface area (Å²) in [5.41, 5.74) is 5.20. The number of benzene rings is 2. The second-order valence-corrected chi connectivity index (χ2v) is 10.7. The Labute approximate surface area is 179 Å². The molecule has 138 valence electrons. The number of para-hydroxylation sites is 2. The van der Waals surface area contributed by atoms with Crippen LogP contribution in [0.3, 0.4) is 0 Å². The van der Waals surface area contributed by atoms with Crippen molar-refractivity contribution < 1.29 is 4.79 Å². The molecule has 3 heterocycles. The normalized spacial score (nSPS) is 17.2. The van der Waals surface area contributed by atoms with Gasteiger partial charge in [-0.05, 0) is 0 Å². The fourth-order valence-corrected chi connectivity index (χ4v) is 6.94. The Balaban J connectivity index is 1.57. The molecule has 0 atom stereocenters. The van der Waals surface area contributed by atoms with E-state index in [2.05, 4.69) is 65.6 Å². The summed E-state index contributed by atoms with van der Waals surface area (Å²) in [6.45, 7) is 0. The van der Waals surface area contributed by atoms with Gasteiger partial charge < -0.3 is 0 Å². The number of carbonyl (C=O) groups excluding carboxylic acids is 1. The van der Waals surface area contributed by atoms with Crippen LogP contribution in [0.1, 0.15) is 15.6 Å². The van der Waals surface area contributed by atoms with E-state index in [0.29, 0.717) is 4.32 Å². The molecule has 2 aromatic carbocycles. The van der Waals surface area contributed by atoms with E-state index in [4.69, 9.17) is 12.2 Å². The van der Waals surface area contributed by atoms with Crippen molar-refractivity contribution in [3.63, 3.8) is 0 Å². The first-order valence-corrected chi connectivity index (χ1v) is 11.8. The standard InChI is InChI=1S/C22H16N2OS2Se/c1-23-21(25)19(27-22(23)26)13-16-10-11-20(28-16)24-17-8-4-2-6-14(17)12-15-7-3-5-9-18(15)24/h2-11,13H,12H2,1H3/b19-13+. The number of carbonyl (C=O) groups is 1. The summed E-state index contributed by atoms with van der Waals surface area (Å²) in [6.07, 6.45) is 2.97. The number of anilines is 3. The van der Waals surface area contributed by atoms with Crippen molar-refractivity contribution in [3.05, 3.63) is 81.1 Å². The zero-order valence-electron chi connectivity index (χ0n) is 15.1. The zero-order chi connectivity index (χ0) is 19.3. The number of nitrogens with zero attached hydrogens (tertiary/aromatic N) is 2. The number of thiocarbonyl (C=S) groups is 1. The molecule has 0 N–H and O–H groups in total. The van der Waals surface area contributed by atoms with Gasteiger partial charge in [-0.1, -0.05) is 0 Å². The van der Waals surface area contributed by atoms with Gasteiger partial charge in [0, 0.05) is 0 Å². The quantitative estimate of drug-likeness (QED) is 0.237. The van der Waals surface area contributed by atoms with Gasteiger partial charge in [0.25, 0.3) is 0 Å². The Morgan fingerprint density at radius 1 is 1.00 bits per heavy atom. The summed E-state index contributed by atoms with van der Waals surface area (Å²) >= 11 is 6.74. The number of amides is 1.